The van der Waals surface area contributed by atoms with Crippen molar-refractivity contribution in [3.05, 3.63) is 29.1 Å². The Morgan fingerprint density at radius 3 is 2.71 bits per heavy atom. The molecule has 0 aliphatic heterocycles. The van der Waals surface area contributed by atoms with Gasteiger partial charge in [0.25, 0.3) is 0 Å². The van der Waals surface area contributed by atoms with E-state index in [2.05, 4.69) is 10.0 Å². The molecule has 0 radical (unpaired) electrons. The topological polar surface area (TPSA) is 58.2 Å². The van der Waals surface area contributed by atoms with Crippen molar-refractivity contribution in [1.82, 2.24) is 10.0 Å². The molecule has 0 heterocycles. The number of sulfonamides is 1. The molecule has 0 spiro atoms. The first-order valence-electron chi connectivity index (χ1n) is 6.95. The number of thioether (sulfide) groups is 1. The van der Waals surface area contributed by atoms with Crippen molar-refractivity contribution < 1.29 is 12.8 Å². The Bertz CT molecular complexity index is 601. The van der Waals surface area contributed by atoms with Crippen molar-refractivity contribution in [3.8, 4) is 0 Å². The lowest BCUT2D eigenvalue weighted by molar-refractivity contribution is 0.571. The number of aryl methyl sites for hydroxylation is 1. The number of hydrogen-bond acceptors (Lipinski definition) is 4. The van der Waals surface area contributed by atoms with E-state index in [9.17, 15) is 12.8 Å². The van der Waals surface area contributed by atoms with Gasteiger partial charge in [0, 0.05) is 30.4 Å². The van der Waals surface area contributed by atoms with Gasteiger partial charge in [0.2, 0.25) is 10.0 Å². The van der Waals surface area contributed by atoms with E-state index in [0.717, 1.165) is 12.8 Å². The van der Waals surface area contributed by atoms with Crippen LogP contribution in [0.5, 0.6) is 0 Å². The minimum Gasteiger partial charge on any atom is -0.310 e. The number of hydrogen-bond donors (Lipinski definition) is 2. The lowest BCUT2D eigenvalue weighted by atomic mass is 10.1. The van der Waals surface area contributed by atoms with E-state index in [4.69, 9.17) is 0 Å². The fraction of sp³-hybridized carbons (Fsp3) is 0.571. The van der Waals surface area contributed by atoms with Crippen molar-refractivity contribution in [1.29, 1.82) is 0 Å². The van der Waals surface area contributed by atoms with E-state index >= 15 is 0 Å². The zero-order valence-corrected chi connectivity index (χ0v) is 13.9. The van der Waals surface area contributed by atoms with Gasteiger partial charge in [0.15, 0.2) is 0 Å². The minimum absolute atomic E-state index is 0.134. The summed E-state index contributed by atoms with van der Waals surface area (Å²) in [5.41, 5.74) is 0.766. The molecular weight excluding hydrogens is 311 g/mol. The second-order valence-electron chi connectivity index (χ2n) is 5.26. The summed E-state index contributed by atoms with van der Waals surface area (Å²) < 4.78 is 41.0. The van der Waals surface area contributed by atoms with Gasteiger partial charge in [-0.25, -0.2) is 17.5 Å². The van der Waals surface area contributed by atoms with Crippen LogP contribution in [-0.2, 0) is 16.6 Å². The Balaban J connectivity index is 2.18. The van der Waals surface area contributed by atoms with Crippen LogP contribution in [0.15, 0.2) is 17.0 Å². The number of rotatable bonds is 8. The molecule has 1 aliphatic rings. The van der Waals surface area contributed by atoms with Crippen LogP contribution in [-0.4, -0.2) is 33.0 Å². The van der Waals surface area contributed by atoms with Gasteiger partial charge in [-0.15, -0.1) is 0 Å². The summed E-state index contributed by atoms with van der Waals surface area (Å²) in [4.78, 5) is 0.134. The lowest BCUT2D eigenvalue weighted by Gasteiger charge is -2.12. The van der Waals surface area contributed by atoms with E-state index in [1.54, 1.807) is 18.7 Å². The third-order valence-corrected chi connectivity index (χ3v) is 5.42. The molecule has 1 aromatic carbocycles. The standard InChI is InChI=1S/C14H21FN2O2S2/c1-10-7-13(21(18,19)17-5-6-20-2)8-11(14(10)15)9-16-12-3-4-12/h7-8,12,16-17H,3-6,9H2,1-2H3. The lowest BCUT2D eigenvalue weighted by Crippen LogP contribution is -2.26. The zero-order valence-electron chi connectivity index (χ0n) is 12.3. The van der Waals surface area contributed by atoms with Crippen molar-refractivity contribution >= 4 is 21.8 Å². The first-order valence-corrected chi connectivity index (χ1v) is 9.83. The molecule has 0 aromatic heterocycles. The second-order valence-corrected chi connectivity index (χ2v) is 8.01. The van der Waals surface area contributed by atoms with Crippen LogP contribution in [0.4, 0.5) is 4.39 Å². The van der Waals surface area contributed by atoms with E-state index < -0.39 is 10.0 Å². The van der Waals surface area contributed by atoms with Gasteiger partial charge in [0.1, 0.15) is 5.82 Å². The highest BCUT2D eigenvalue weighted by molar-refractivity contribution is 7.98. The molecule has 21 heavy (non-hydrogen) atoms. The summed E-state index contributed by atoms with van der Waals surface area (Å²) in [5, 5.41) is 3.21. The molecule has 2 N–H and O–H groups in total. The van der Waals surface area contributed by atoms with Crippen LogP contribution in [0.25, 0.3) is 0 Å². The number of benzene rings is 1. The molecule has 0 saturated heterocycles. The normalized spacial score (nSPS) is 15.4. The first-order chi connectivity index (χ1) is 9.94. The van der Waals surface area contributed by atoms with Gasteiger partial charge in [-0.3, -0.25) is 0 Å². The number of nitrogens with one attached hydrogen (secondary N) is 2. The van der Waals surface area contributed by atoms with Gasteiger partial charge < -0.3 is 5.32 Å². The third kappa shape index (κ3) is 4.67. The first kappa shape index (κ1) is 16.7. The van der Waals surface area contributed by atoms with Crippen molar-refractivity contribution in [2.24, 2.45) is 0 Å². The van der Waals surface area contributed by atoms with Crippen molar-refractivity contribution in [3.63, 3.8) is 0 Å². The van der Waals surface area contributed by atoms with Gasteiger partial charge in [-0.2, -0.15) is 11.8 Å². The Hall–Kier alpha value is -0.630. The van der Waals surface area contributed by atoms with Crippen LogP contribution in [0.3, 0.4) is 0 Å². The molecule has 1 fully saturated rings. The monoisotopic (exact) mass is 332 g/mol. The van der Waals surface area contributed by atoms with Crippen LogP contribution in [0.1, 0.15) is 24.0 Å². The molecule has 1 saturated carbocycles. The Morgan fingerprint density at radius 2 is 2.10 bits per heavy atom. The molecule has 0 amide bonds. The van der Waals surface area contributed by atoms with Gasteiger partial charge in [0.05, 0.1) is 4.90 Å². The molecule has 2 rings (SSSR count). The largest absolute Gasteiger partial charge is 0.310 e. The SMILES string of the molecule is CSCCNS(=O)(=O)c1cc(C)c(F)c(CNC2CC2)c1. The molecule has 118 valence electrons. The summed E-state index contributed by atoms with van der Waals surface area (Å²) in [5.74, 6) is 0.376. The summed E-state index contributed by atoms with van der Waals surface area (Å²) in [6, 6.07) is 3.26. The molecule has 7 heteroatoms. The molecule has 0 bridgehead atoms. The quantitative estimate of drug-likeness (QED) is 0.715. The van der Waals surface area contributed by atoms with Crippen molar-refractivity contribution in [2.75, 3.05) is 18.6 Å². The summed E-state index contributed by atoms with van der Waals surface area (Å²) in [6.07, 6.45) is 4.13. The number of halogens is 1. The molecule has 1 aromatic rings. The Labute approximate surface area is 129 Å². The average molecular weight is 332 g/mol. The average Bonchev–Trinajstić information content (AvgIpc) is 3.24. The summed E-state index contributed by atoms with van der Waals surface area (Å²) >= 11 is 1.57. The highest BCUT2D eigenvalue weighted by Crippen LogP contribution is 2.22. The molecule has 4 nitrogen and oxygen atoms in total. The van der Waals surface area contributed by atoms with E-state index in [0.29, 0.717) is 36.0 Å². The van der Waals surface area contributed by atoms with Gasteiger partial charge >= 0.3 is 0 Å². The highest BCUT2D eigenvalue weighted by Gasteiger charge is 2.22. The van der Waals surface area contributed by atoms with E-state index in [-0.39, 0.29) is 10.7 Å². The maximum absolute atomic E-state index is 14.1. The predicted octanol–water partition coefficient (Wildman–Crippen LogP) is 2.03. The third-order valence-electron chi connectivity index (χ3n) is 3.37. The van der Waals surface area contributed by atoms with Crippen LogP contribution >= 0.6 is 11.8 Å². The maximum atomic E-state index is 14.1. The fourth-order valence-electron chi connectivity index (χ4n) is 1.99. The van der Waals surface area contributed by atoms with Crippen LogP contribution < -0.4 is 10.0 Å². The van der Waals surface area contributed by atoms with E-state index in [1.807, 2.05) is 6.26 Å². The van der Waals surface area contributed by atoms with Crippen molar-refractivity contribution in [2.45, 2.75) is 37.2 Å². The summed E-state index contributed by atoms with van der Waals surface area (Å²) in [7, 11) is -3.57. The highest BCUT2D eigenvalue weighted by atomic mass is 32.2. The molecule has 0 atom stereocenters. The smallest absolute Gasteiger partial charge is 0.240 e. The Kier molecular flexibility index (Phi) is 5.65. The molecule has 1 aliphatic carbocycles. The molecule has 0 unspecified atom stereocenters. The zero-order chi connectivity index (χ0) is 15.5. The van der Waals surface area contributed by atoms with Gasteiger partial charge in [-0.1, -0.05) is 0 Å². The fourth-order valence-corrected chi connectivity index (χ4v) is 3.60. The Morgan fingerprint density at radius 1 is 1.38 bits per heavy atom. The second kappa shape index (κ2) is 7.09. The molecular formula is C14H21FN2O2S2. The predicted molar refractivity (Wildman–Crippen MR) is 84.6 cm³/mol. The van der Waals surface area contributed by atoms with Crippen LogP contribution in [0, 0.1) is 12.7 Å². The van der Waals surface area contributed by atoms with Gasteiger partial charge in [-0.05, 0) is 43.7 Å². The maximum Gasteiger partial charge on any atom is 0.240 e. The van der Waals surface area contributed by atoms with E-state index in [1.165, 1.54) is 12.1 Å². The minimum atomic E-state index is -3.57. The van der Waals surface area contributed by atoms with Crippen LogP contribution in [0.2, 0.25) is 0 Å². The summed E-state index contributed by atoms with van der Waals surface area (Å²) in [6.45, 7) is 2.33.